The molecule has 0 aliphatic carbocycles. The molecule has 1 aromatic heterocycles. The molecule has 2 atom stereocenters. The van der Waals surface area contributed by atoms with Gasteiger partial charge in [0.1, 0.15) is 11.8 Å². The molecule has 2 fully saturated rings. The van der Waals surface area contributed by atoms with E-state index in [-0.39, 0.29) is 18.0 Å². The maximum absolute atomic E-state index is 13.3. The summed E-state index contributed by atoms with van der Waals surface area (Å²) >= 11 is 0. The zero-order valence-corrected chi connectivity index (χ0v) is 16.7. The van der Waals surface area contributed by atoms with Crippen molar-refractivity contribution in [3.8, 4) is 0 Å². The van der Waals surface area contributed by atoms with Gasteiger partial charge in [0.2, 0.25) is 5.95 Å². The van der Waals surface area contributed by atoms with Crippen molar-refractivity contribution in [2.24, 2.45) is 5.10 Å². The molecule has 8 nitrogen and oxygen atoms in total. The topological polar surface area (TPSA) is 102 Å². The number of likely N-dealkylation sites (tertiary alicyclic amines) is 1. The zero-order valence-electron chi connectivity index (χ0n) is 16.7. The minimum atomic E-state index is 0.0276. The molecule has 2 aliphatic heterocycles. The van der Waals surface area contributed by atoms with E-state index < -0.39 is 0 Å². The highest BCUT2D eigenvalue weighted by Gasteiger charge is 2.43. The van der Waals surface area contributed by atoms with Crippen LogP contribution in [0.1, 0.15) is 34.6 Å². The number of nitrogens with one attached hydrogen (secondary N) is 1. The number of rotatable bonds is 5. The highest BCUT2D eigenvalue weighted by molar-refractivity contribution is 6.14. The van der Waals surface area contributed by atoms with E-state index in [1.165, 1.54) is 6.21 Å². The molecule has 3 N–H and O–H groups in total. The maximum atomic E-state index is 13.3. The van der Waals surface area contributed by atoms with Crippen LogP contribution in [0.2, 0.25) is 0 Å². The molecule has 0 radical (unpaired) electrons. The summed E-state index contributed by atoms with van der Waals surface area (Å²) in [6, 6.07) is 9.95. The summed E-state index contributed by atoms with van der Waals surface area (Å²) < 4.78 is 0. The maximum Gasteiger partial charge on any atom is 0.260 e. The molecule has 2 saturated heterocycles. The van der Waals surface area contributed by atoms with Crippen molar-refractivity contribution in [1.29, 1.82) is 5.41 Å². The average molecular weight is 392 g/mol. The highest BCUT2D eigenvalue weighted by atomic mass is 16.2. The first kappa shape index (κ1) is 19.2. The third kappa shape index (κ3) is 3.88. The van der Waals surface area contributed by atoms with Gasteiger partial charge in [-0.3, -0.25) is 4.79 Å². The molecule has 150 valence electrons. The smallest absolute Gasteiger partial charge is 0.260 e. The van der Waals surface area contributed by atoms with Gasteiger partial charge in [0.15, 0.2) is 5.69 Å². The molecule has 8 heteroatoms. The number of aromatic nitrogens is 2. The van der Waals surface area contributed by atoms with Gasteiger partial charge in [0.05, 0.1) is 0 Å². The lowest BCUT2D eigenvalue weighted by molar-refractivity contribution is -0.577. The highest BCUT2D eigenvalue weighted by Crippen LogP contribution is 2.34. The van der Waals surface area contributed by atoms with Crippen molar-refractivity contribution < 1.29 is 10.2 Å². The van der Waals surface area contributed by atoms with Gasteiger partial charge in [-0.1, -0.05) is 17.2 Å². The average Bonchev–Trinajstić information content (AvgIpc) is 2.97. The number of hydrogen-bond donors (Lipinski definition) is 2. The summed E-state index contributed by atoms with van der Waals surface area (Å²) in [7, 11) is 0. The Bertz CT molecular complexity index is 924. The molecule has 3 heterocycles. The zero-order chi connectivity index (χ0) is 20.4. The molecule has 2 bridgehead atoms. The van der Waals surface area contributed by atoms with Crippen molar-refractivity contribution in [3.63, 3.8) is 0 Å². The molecule has 2 aliphatic rings. The minimum Gasteiger partial charge on any atom is -0.334 e. The van der Waals surface area contributed by atoms with Crippen LogP contribution in [0.5, 0.6) is 0 Å². The molecule has 0 saturated carbocycles. The van der Waals surface area contributed by atoms with Gasteiger partial charge in [-0.15, -0.1) is 0 Å². The summed E-state index contributed by atoms with van der Waals surface area (Å²) in [6.07, 6.45) is 4.60. The lowest BCUT2D eigenvalue weighted by atomic mass is 10.1. The number of carbonyl (C=O) groups is 1. The number of nitrogens with two attached hydrogens (primary N) is 1. The third-order valence-electron chi connectivity index (χ3n) is 5.54. The normalized spacial score (nSPS) is 21.0. The van der Waals surface area contributed by atoms with Gasteiger partial charge in [0, 0.05) is 48.8 Å². The van der Waals surface area contributed by atoms with Crippen LogP contribution in [0, 0.1) is 19.3 Å². The molecule has 1 aromatic carbocycles. The van der Waals surface area contributed by atoms with Crippen molar-refractivity contribution in [2.75, 3.05) is 18.0 Å². The summed E-state index contributed by atoms with van der Waals surface area (Å²) in [5.41, 5.74) is 4.99. The summed E-state index contributed by atoms with van der Waals surface area (Å²) in [5, 5.41) is 11.1. The van der Waals surface area contributed by atoms with E-state index in [4.69, 9.17) is 5.41 Å². The second-order valence-corrected chi connectivity index (χ2v) is 7.63. The van der Waals surface area contributed by atoms with E-state index in [1.54, 1.807) is 5.43 Å². The molecular formula is C21H26N7O+. The van der Waals surface area contributed by atoms with Gasteiger partial charge >= 0.3 is 0 Å². The SMILES string of the molecule is Cc1cc(C)nc(N2C3CCC2CN(C(=O)c2ccccc2[NH2+]N=CC=N)C3)n1. The fourth-order valence-corrected chi connectivity index (χ4v) is 4.36. The standard InChI is InChI=1S/C21H25N7O/c1-14-11-15(2)25-21(24-14)28-16-7-8-17(28)13-27(12-16)20(29)18-5-3-4-6-19(18)26-23-10-9-22/h3-6,9-11,16-17,22,26H,7-8,12-13H2,1-2H3/p+1. The first-order chi connectivity index (χ1) is 14.1. The van der Waals surface area contributed by atoms with E-state index in [0.29, 0.717) is 18.7 Å². The van der Waals surface area contributed by atoms with Crippen molar-refractivity contribution in [2.45, 2.75) is 38.8 Å². The first-order valence-corrected chi connectivity index (χ1v) is 9.91. The van der Waals surface area contributed by atoms with Crippen LogP contribution >= 0.6 is 0 Å². The largest absolute Gasteiger partial charge is 0.334 e. The Balaban J connectivity index is 1.54. The fraction of sp³-hybridized carbons (Fsp3) is 0.381. The molecule has 2 unspecified atom stereocenters. The predicted molar refractivity (Wildman–Crippen MR) is 112 cm³/mol. The van der Waals surface area contributed by atoms with Crippen LogP contribution in [0.25, 0.3) is 0 Å². The number of anilines is 1. The molecule has 0 spiro atoms. The lowest BCUT2D eigenvalue weighted by Crippen LogP contribution is -2.72. The number of amides is 1. The van der Waals surface area contributed by atoms with Crippen molar-refractivity contribution in [1.82, 2.24) is 14.9 Å². The van der Waals surface area contributed by atoms with E-state index in [1.807, 2.05) is 49.1 Å². The Morgan fingerprint density at radius 1 is 1.17 bits per heavy atom. The monoisotopic (exact) mass is 392 g/mol. The predicted octanol–water partition coefficient (Wildman–Crippen LogP) is 1.42. The Hall–Kier alpha value is -3.13. The number of piperazine rings is 1. The van der Waals surface area contributed by atoms with Gasteiger partial charge in [-0.2, -0.15) is 5.43 Å². The van der Waals surface area contributed by atoms with Gasteiger partial charge in [0.25, 0.3) is 5.91 Å². The van der Waals surface area contributed by atoms with Gasteiger partial charge < -0.3 is 15.2 Å². The lowest BCUT2D eigenvalue weighted by Gasteiger charge is -2.41. The Morgan fingerprint density at radius 2 is 1.83 bits per heavy atom. The Labute approximate surface area is 170 Å². The van der Waals surface area contributed by atoms with Crippen LogP contribution in [0.3, 0.4) is 0 Å². The van der Waals surface area contributed by atoms with Crippen molar-refractivity contribution >= 4 is 30.0 Å². The quantitative estimate of drug-likeness (QED) is 0.348. The molecule has 29 heavy (non-hydrogen) atoms. The number of hydrogen-bond acceptors (Lipinski definition) is 6. The summed E-state index contributed by atoms with van der Waals surface area (Å²) in [6.45, 7) is 5.33. The van der Waals surface area contributed by atoms with E-state index in [2.05, 4.69) is 20.0 Å². The van der Waals surface area contributed by atoms with Crippen LogP contribution < -0.4 is 10.3 Å². The molecule has 4 rings (SSSR count). The fourth-order valence-electron chi connectivity index (χ4n) is 4.36. The number of nitrogens with zero attached hydrogens (tertiary/aromatic N) is 5. The Morgan fingerprint density at radius 3 is 2.48 bits per heavy atom. The third-order valence-corrected chi connectivity index (χ3v) is 5.54. The second kappa shape index (κ2) is 8.08. The Kier molecular flexibility index (Phi) is 5.35. The minimum absolute atomic E-state index is 0.0276. The second-order valence-electron chi connectivity index (χ2n) is 7.63. The van der Waals surface area contributed by atoms with E-state index in [9.17, 15) is 4.79 Å². The first-order valence-electron chi connectivity index (χ1n) is 9.91. The summed E-state index contributed by atoms with van der Waals surface area (Å²) in [5.74, 6) is 0.816. The number of carbonyl (C=O) groups excluding carboxylic acids is 1. The number of aryl methyl sites for hydroxylation is 2. The number of fused-ring (bicyclic) bond motifs is 2. The van der Waals surface area contributed by atoms with E-state index >= 15 is 0 Å². The number of benzene rings is 1. The van der Waals surface area contributed by atoms with Crippen LogP contribution in [0.15, 0.2) is 35.4 Å². The summed E-state index contributed by atoms with van der Waals surface area (Å²) in [4.78, 5) is 26.9. The van der Waals surface area contributed by atoms with Crippen LogP contribution in [-0.2, 0) is 0 Å². The van der Waals surface area contributed by atoms with Crippen molar-refractivity contribution in [3.05, 3.63) is 47.3 Å². The van der Waals surface area contributed by atoms with E-state index in [0.717, 1.165) is 42.1 Å². The van der Waals surface area contributed by atoms with Gasteiger partial charge in [-0.25, -0.2) is 9.97 Å². The molecular weight excluding hydrogens is 366 g/mol. The van der Waals surface area contributed by atoms with Gasteiger partial charge in [-0.05, 0) is 38.8 Å². The van der Waals surface area contributed by atoms with Crippen LogP contribution in [0.4, 0.5) is 11.6 Å². The molecule has 2 aromatic rings. The molecule has 1 amide bonds. The van der Waals surface area contributed by atoms with Crippen LogP contribution in [-0.4, -0.2) is 58.4 Å². The number of quaternary nitrogens is 1.